The van der Waals surface area contributed by atoms with Crippen molar-refractivity contribution >= 4 is 5.69 Å². The molecule has 0 amide bonds. The summed E-state index contributed by atoms with van der Waals surface area (Å²) in [7, 11) is 0. The Labute approximate surface area is 91.7 Å². The topological polar surface area (TPSA) is 73.8 Å². The van der Waals surface area contributed by atoms with Crippen LogP contribution in [0.25, 0.3) is 0 Å². The van der Waals surface area contributed by atoms with Crippen LogP contribution in [-0.2, 0) is 6.54 Å². The first kappa shape index (κ1) is 10.3. The molecule has 0 spiro atoms. The minimum atomic E-state index is -0.380. The zero-order chi connectivity index (χ0) is 11.5. The maximum atomic E-state index is 10.6. The molecule has 0 aliphatic rings. The van der Waals surface area contributed by atoms with Gasteiger partial charge in [0.15, 0.2) is 0 Å². The molecule has 2 aromatic rings. The van der Waals surface area contributed by atoms with E-state index in [1.165, 1.54) is 12.4 Å². The molecule has 0 N–H and O–H groups in total. The number of nitro benzene ring substituents is 1. The lowest BCUT2D eigenvalue weighted by Crippen LogP contribution is -2.01. The number of aromatic nitrogens is 3. The summed E-state index contributed by atoms with van der Waals surface area (Å²) >= 11 is 0. The van der Waals surface area contributed by atoms with Crippen molar-refractivity contribution in [1.82, 2.24) is 14.8 Å². The van der Waals surface area contributed by atoms with Gasteiger partial charge in [-0.3, -0.25) is 10.1 Å². The van der Waals surface area contributed by atoms with E-state index in [4.69, 9.17) is 0 Å². The van der Waals surface area contributed by atoms with Crippen molar-refractivity contribution in [3.8, 4) is 0 Å². The van der Waals surface area contributed by atoms with Gasteiger partial charge in [-0.25, -0.2) is 9.67 Å². The molecule has 1 heterocycles. The Hall–Kier alpha value is -2.24. The SMILES string of the molecule is Cc1cc(Cn2cncn2)ccc1[N+](=O)[O-]. The van der Waals surface area contributed by atoms with E-state index in [1.807, 2.05) is 0 Å². The highest BCUT2D eigenvalue weighted by Crippen LogP contribution is 2.18. The highest BCUT2D eigenvalue weighted by Gasteiger charge is 2.10. The van der Waals surface area contributed by atoms with Crippen LogP contribution in [0.5, 0.6) is 0 Å². The fraction of sp³-hybridized carbons (Fsp3) is 0.200. The van der Waals surface area contributed by atoms with Crippen LogP contribution in [0.4, 0.5) is 5.69 Å². The first-order chi connectivity index (χ1) is 7.66. The second kappa shape index (κ2) is 4.09. The first-order valence-corrected chi connectivity index (χ1v) is 4.73. The molecule has 0 bridgehead atoms. The van der Waals surface area contributed by atoms with Crippen LogP contribution >= 0.6 is 0 Å². The molecule has 0 fully saturated rings. The van der Waals surface area contributed by atoms with Crippen LogP contribution in [0.2, 0.25) is 0 Å². The molecule has 0 unspecified atom stereocenters. The predicted octanol–water partition coefficient (Wildman–Crippen LogP) is 1.54. The van der Waals surface area contributed by atoms with Crippen molar-refractivity contribution < 1.29 is 4.92 Å². The summed E-state index contributed by atoms with van der Waals surface area (Å²) in [6.07, 6.45) is 3.06. The van der Waals surface area contributed by atoms with Crippen LogP contribution in [0, 0.1) is 17.0 Å². The van der Waals surface area contributed by atoms with Gasteiger partial charge in [-0.2, -0.15) is 5.10 Å². The van der Waals surface area contributed by atoms with Gasteiger partial charge in [0.25, 0.3) is 5.69 Å². The largest absolute Gasteiger partial charge is 0.272 e. The molecule has 0 aliphatic carbocycles. The third kappa shape index (κ3) is 2.05. The summed E-state index contributed by atoms with van der Waals surface area (Å²) in [6, 6.07) is 5.04. The Morgan fingerprint density at radius 3 is 2.88 bits per heavy atom. The Balaban J connectivity index is 2.24. The van der Waals surface area contributed by atoms with Crippen molar-refractivity contribution in [3.63, 3.8) is 0 Å². The number of hydrogen-bond acceptors (Lipinski definition) is 4. The van der Waals surface area contributed by atoms with E-state index >= 15 is 0 Å². The molecule has 6 nitrogen and oxygen atoms in total. The van der Waals surface area contributed by atoms with E-state index in [1.54, 1.807) is 30.1 Å². The number of rotatable bonds is 3. The Morgan fingerprint density at radius 2 is 2.31 bits per heavy atom. The van der Waals surface area contributed by atoms with Gasteiger partial charge in [-0.05, 0) is 18.6 Å². The number of hydrogen-bond donors (Lipinski definition) is 0. The van der Waals surface area contributed by atoms with Gasteiger partial charge in [0.2, 0.25) is 0 Å². The molecular weight excluding hydrogens is 208 g/mol. The molecule has 0 aliphatic heterocycles. The van der Waals surface area contributed by atoms with E-state index < -0.39 is 0 Å². The molecule has 0 atom stereocenters. The van der Waals surface area contributed by atoms with E-state index in [2.05, 4.69) is 10.1 Å². The molecule has 16 heavy (non-hydrogen) atoms. The van der Waals surface area contributed by atoms with Crippen LogP contribution in [0.3, 0.4) is 0 Å². The molecule has 1 aromatic carbocycles. The molecular formula is C10H10N4O2. The average Bonchev–Trinajstić information content (AvgIpc) is 2.70. The third-order valence-electron chi connectivity index (χ3n) is 2.27. The monoisotopic (exact) mass is 218 g/mol. The van der Waals surface area contributed by atoms with Crippen molar-refractivity contribution in [2.45, 2.75) is 13.5 Å². The van der Waals surface area contributed by atoms with Crippen LogP contribution in [-0.4, -0.2) is 19.7 Å². The average molecular weight is 218 g/mol. The Kier molecular flexibility index (Phi) is 2.63. The highest BCUT2D eigenvalue weighted by molar-refractivity contribution is 5.41. The number of aryl methyl sites for hydroxylation is 1. The van der Waals surface area contributed by atoms with Gasteiger partial charge in [-0.1, -0.05) is 6.07 Å². The van der Waals surface area contributed by atoms with Crippen molar-refractivity contribution in [1.29, 1.82) is 0 Å². The number of nitrogens with zero attached hydrogens (tertiary/aromatic N) is 4. The normalized spacial score (nSPS) is 10.3. The zero-order valence-corrected chi connectivity index (χ0v) is 8.70. The van der Waals surface area contributed by atoms with Gasteiger partial charge in [0.05, 0.1) is 11.5 Å². The summed E-state index contributed by atoms with van der Waals surface area (Å²) in [6.45, 7) is 2.29. The van der Waals surface area contributed by atoms with Gasteiger partial charge in [0.1, 0.15) is 12.7 Å². The Bertz CT molecular complexity index is 508. The lowest BCUT2D eigenvalue weighted by Gasteiger charge is -2.03. The fourth-order valence-electron chi connectivity index (χ4n) is 1.52. The quantitative estimate of drug-likeness (QED) is 0.578. The van der Waals surface area contributed by atoms with Crippen molar-refractivity contribution in [3.05, 3.63) is 52.1 Å². The molecule has 6 heteroatoms. The van der Waals surface area contributed by atoms with E-state index in [0.717, 1.165) is 5.56 Å². The second-order valence-corrected chi connectivity index (χ2v) is 3.47. The standard InChI is InChI=1S/C10H10N4O2/c1-8-4-9(2-3-10(8)14(15)16)5-13-7-11-6-12-13/h2-4,6-7H,5H2,1H3. The smallest absolute Gasteiger partial charge is 0.258 e. The summed E-state index contributed by atoms with van der Waals surface area (Å²) < 4.78 is 1.67. The molecule has 2 rings (SSSR count). The van der Waals surface area contributed by atoms with E-state index in [9.17, 15) is 10.1 Å². The minimum Gasteiger partial charge on any atom is -0.258 e. The van der Waals surface area contributed by atoms with Gasteiger partial charge in [-0.15, -0.1) is 0 Å². The summed E-state index contributed by atoms with van der Waals surface area (Å²) in [4.78, 5) is 14.1. The van der Waals surface area contributed by atoms with Crippen LogP contribution < -0.4 is 0 Å². The van der Waals surface area contributed by atoms with Crippen molar-refractivity contribution in [2.24, 2.45) is 0 Å². The molecule has 0 saturated heterocycles. The second-order valence-electron chi connectivity index (χ2n) is 3.47. The molecule has 1 aromatic heterocycles. The maximum Gasteiger partial charge on any atom is 0.272 e. The fourth-order valence-corrected chi connectivity index (χ4v) is 1.52. The molecule has 0 radical (unpaired) electrons. The molecule has 0 saturated carbocycles. The van der Waals surface area contributed by atoms with Gasteiger partial charge >= 0.3 is 0 Å². The van der Waals surface area contributed by atoms with Gasteiger partial charge < -0.3 is 0 Å². The maximum absolute atomic E-state index is 10.6. The van der Waals surface area contributed by atoms with E-state index in [0.29, 0.717) is 12.1 Å². The zero-order valence-electron chi connectivity index (χ0n) is 8.70. The molecule has 82 valence electrons. The van der Waals surface area contributed by atoms with E-state index in [-0.39, 0.29) is 10.6 Å². The van der Waals surface area contributed by atoms with Crippen LogP contribution in [0.1, 0.15) is 11.1 Å². The summed E-state index contributed by atoms with van der Waals surface area (Å²) in [5, 5.41) is 14.6. The highest BCUT2D eigenvalue weighted by atomic mass is 16.6. The summed E-state index contributed by atoms with van der Waals surface area (Å²) in [5.41, 5.74) is 1.76. The lowest BCUT2D eigenvalue weighted by atomic mass is 10.1. The van der Waals surface area contributed by atoms with Gasteiger partial charge in [0, 0.05) is 11.6 Å². The Morgan fingerprint density at radius 1 is 1.50 bits per heavy atom. The minimum absolute atomic E-state index is 0.141. The van der Waals surface area contributed by atoms with Crippen LogP contribution in [0.15, 0.2) is 30.9 Å². The third-order valence-corrected chi connectivity index (χ3v) is 2.27. The first-order valence-electron chi connectivity index (χ1n) is 4.73. The number of benzene rings is 1. The predicted molar refractivity (Wildman–Crippen MR) is 57.0 cm³/mol. The number of nitro groups is 1. The lowest BCUT2D eigenvalue weighted by molar-refractivity contribution is -0.385. The van der Waals surface area contributed by atoms with Crippen molar-refractivity contribution in [2.75, 3.05) is 0 Å². The summed E-state index contributed by atoms with van der Waals surface area (Å²) in [5.74, 6) is 0.